The molecule has 0 aliphatic heterocycles. The van der Waals surface area contributed by atoms with Crippen LogP contribution in [0.4, 0.5) is 17.1 Å². The molecule has 0 aliphatic carbocycles. The third-order valence-electron chi connectivity index (χ3n) is 3.65. The highest BCUT2D eigenvalue weighted by Crippen LogP contribution is 2.31. The predicted molar refractivity (Wildman–Crippen MR) is 103 cm³/mol. The minimum Gasteiger partial charge on any atom is -0.355 e. The maximum atomic E-state index is 11.8. The maximum Gasteiger partial charge on any atom is 0.232 e. The molecule has 0 aromatic heterocycles. The summed E-state index contributed by atoms with van der Waals surface area (Å²) in [4.78, 5) is 0. The Kier molecular flexibility index (Phi) is 5.54. The molecule has 0 amide bonds. The lowest BCUT2D eigenvalue weighted by molar-refractivity contribution is 0.592. The van der Waals surface area contributed by atoms with Gasteiger partial charge in [-0.25, -0.2) is 8.42 Å². The fourth-order valence-corrected chi connectivity index (χ4v) is 3.66. The van der Waals surface area contributed by atoms with Gasteiger partial charge in [0.05, 0.1) is 5.75 Å². The highest BCUT2D eigenvalue weighted by molar-refractivity contribution is 7.92. The van der Waals surface area contributed by atoms with Gasteiger partial charge in [-0.15, -0.1) is 0 Å². The van der Waals surface area contributed by atoms with Crippen LogP contribution in [0.5, 0.6) is 0 Å². The molecule has 0 heterocycles. The molecule has 0 aliphatic rings. The Morgan fingerprint density at radius 3 is 2.08 bits per heavy atom. The van der Waals surface area contributed by atoms with Crippen molar-refractivity contribution in [1.29, 1.82) is 0 Å². The van der Waals surface area contributed by atoms with Crippen LogP contribution in [0.1, 0.15) is 39.7 Å². The number of rotatable bonds is 6. The average molecular weight is 346 g/mol. The number of anilines is 3. The van der Waals surface area contributed by atoms with Gasteiger partial charge in [-0.2, -0.15) is 0 Å². The Morgan fingerprint density at radius 1 is 0.917 bits per heavy atom. The first-order chi connectivity index (χ1) is 11.2. The van der Waals surface area contributed by atoms with Gasteiger partial charge in [-0.1, -0.05) is 45.9 Å². The summed E-state index contributed by atoms with van der Waals surface area (Å²) in [6, 6.07) is 15.5. The maximum absolute atomic E-state index is 11.8. The topological polar surface area (TPSA) is 58.2 Å². The van der Waals surface area contributed by atoms with Crippen molar-refractivity contribution in [2.75, 3.05) is 15.8 Å². The van der Waals surface area contributed by atoms with Crippen LogP contribution in [0.15, 0.2) is 48.5 Å². The standard InChI is InChI=1S/C19H26N2O2S/c1-5-14-24(22,23)21-16-12-10-15(11-13-16)20-18-9-7-6-8-17(18)19(2,3)4/h6-13,20-21H,5,14H2,1-4H3. The predicted octanol–water partition coefficient (Wildman–Crippen LogP) is 4.88. The second-order valence-electron chi connectivity index (χ2n) is 6.92. The second-order valence-corrected chi connectivity index (χ2v) is 8.76. The number of para-hydroxylation sites is 1. The molecule has 2 rings (SSSR count). The first-order valence-electron chi connectivity index (χ1n) is 8.18. The van der Waals surface area contributed by atoms with Crippen LogP contribution in [0.25, 0.3) is 0 Å². The van der Waals surface area contributed by atoms with Gasteiger partial charge < -0.3 is 5.32 Å². The second kappa shape index (κ2) is 7.26. The van der Waals surface area contributed by atoms with Crippen molar-refractivity contribution < 1.29 is 8.42 Å². The molecule has 130 valence electrons. The number of benzene rings is 2. The summed E-state index contributed by atoms with van der Waals surface area (Å²) < 4.78 is 26.2. The van der Waals surface area contributed by atoms with E-state index in [1.54, 1.807) is 12.1 Å². The largest absolute Gasteiger partial charge is 0.355 e. The van der Waals surface area contributed by atoms with Crippen molar-refractivity contribution in [1.82, 2.24) is 0 Å². The van der Waals surface area contributed by atoms with Crippen LogP contribution in [-0.2, 0) is 15.4 Å². The first-order valence-corrected chi connectivity index (χ1v) is 9.83. The van der Waals surface area contributed by atoms with Gasteiger partial charge >= 0.3 is 0 Å². The third-order valence-corrected chi connectivity index (χ3v) is 5.14. The lowest BCUT2D eigenvalue weighted by Crippen LogP contribution is -2.16. The van der Waals surface area contributed by atoms with Crippen molar-refractivity contribution in [2.45, 2.75) is 39.5 Å². The molecule has 0 spiro atoms. The lowest BCUT2D eigenvalue weighted by atomic mass is 9.86. The molecule has 2 aromatic carbocycles. The molecule has 0 unspecified atom stereocenters. The summed E-state index contributed by atoms with van der Waals surface area (Å²) in [5, 5.41) is 3.42. The Balaban J connectivity index is 2.16. The Hall–Kier alpha value is -2.01. The summed E-state index contributed by atoms with van der Waals surface area (Å²) in [6.07, 6.45) is 0.596. The molecule has 0 saturated heterocycles. The SMILES string of the molecule is CCCS(=O)(=O)Nc1ccc(Nc2ccccc2C(C)(C)C)cc1. The normalized spacial score (nSPS) is 12.0. The molecular formula is C19H26N2O2S. The van der Waals surface area contributed by atoms with E-state index in [1.165, 1.54) is 5.56 Å². The van der Waals surface area contributed by atoms with E-state index in [1.807, 2.05) is 31.2 Å². The molecule has 0 radical (unpaired) electrons. The van der Waals surface area contributed by atoms with E-state index in [9.17, 15) is 8.42 Å². The fourth-order valence-electron chi connectivity index (χ4n) is 2.52. The molecule has 24 heavy (non-hydrogen) atoms. The summed E-state index contributed by atoms with van der Waals surface area (Å²) in [5.74, 6) is 0.131. The quantitative estimate of drug-likeness (QED) is 0.784. The van der Waals surface area contributed by atoms with Gasteiger partial charge in [0, 0.05) is 17.1 Å². The summed E-state index contributed by atoms with van der Waals surface area (Å²) in [6.45, 7) is 8.39. The molecule has 4 nitrogen and oxygen atoms in total. The van der Waals surface area contributed by atoms with Crippen LogP contribution in [0.2, 0.25) is 0 Å². The molecule has 2 aromatic rings. The van der Waals surface area contributed by atoms with Crippen molar-refractivity contribution in [3.05, 3.63) is 54.1 Å². The van der Waals surface area contributed by atoms with Gasteiger partial charge in [0.15, 0.2) is 0 Å². The van der Waals surface area contributed by atoms with Crippen LogP contribution < -0.4 is 10.0 Å². The van der Waals surface area contributed by atoms with Crippen molar-refractivity contribution >= 4 is 27.1 Å². The van der Waals surface area contributed by atoms with Gasteiger partial charge in [-0.3, -0.25) is 4.72 Å². The molecule has 0 atom stereocenters. The Bertz CT molecular complexity index is 776. The van der Waals surface area contributed by atoms with E-state index >= 15 is 0 Å². The molecule has 0 saturated carbocycles. The summed E-state index contributed by atoms with van der Waals surface area (Å²) in [7, 11) is -3.25. The third kappa shape index (κ3) is 4.99. The van der Waals surface area contributed by atoms with Crippen LogP contribution in [-0.4, -0.2) is 14.2 Å². The van der Waals surface area contributed by atoms with Crippen molar-refractivity contribution in [2.24, 2.45) is 0 Å². The van der Waals surface area contributed by atoms with Gasteiger partial charge in [0.25, 0.3) is 0 Å². The van der Waals surface area contributed by atoms with Crippen LogP contribution in [0, 0.1) is 0 Å². The lowest BCUT2D eigenvalue weighted by Gasteiger charge is -2.23. The van der Waals surface area contributed by atoms with Gasteiger partial charge in [0.1, 0.15) is 0 Å². The smallest absolute Gasteiger partial charge is 0.232 e. The number of hydrogen-bond donors (Lipinski definition) is 2. The molecule has 0 bridgehead atoms. The molecule has 0 fully saturated rings. The Morgan fingerprint density at radius 2 is 1.50 bits per heavy atom. The van der Waals surface area contributed by atoms with Crippen LogP contribution in [0.3, 0.4) is 0 Å². The summed E-state index contributed by atoms with van der Waals surface area (Å²) in [5.41, 5.74) is 3.84. The van der Waals surface area contributed by atoms with E-state index in [-0.39, 0.29) is 11.2 Å². The van der Waals surface area contributed by atoms with Gasteiger partial charge in [0.2, 0.25) is 10.0 Å². The molecular weight excluding hydrogens is 320 g/mol. The van der Waals surface area contributed by atoms with E-state index in [0.717, 1.165) is 11.4 Å². The van der Waals surface area contributed by atoms with Crippen LogP contribution >= 0.6 is 0 Å². The highest BCUT2D eigenvalue weighted by Gasteiger charge is 2.17. The fraction of sp³-hybridized carbons (Fsp3) is 0.368. The number of nitrogens with one attached hydrogen (secondary N) is 2. The minimum absolute atomic E-state index is 0.0410. The van der Waals surface area contributed by atoms with E-state index in [0.29, 0.717) is 12.1 Å². The summed E-state index contributed by atoms with van der Waals surface area (Å²) >= 11 is 0. The van der Waals surface area contributed by atoms with E-state index in [2.05, 4.69) is 42.9 Å². The first kappa shape index (κ1) is 18.3. The Labute approximate surface area is 145 Å². The zero-order chi connectivity index (χ0) is 17.8. The number of hydrogen-bond acceptors (Lipinski definition) is 3. The molecule has 2 N–H and O–H groups in total. The van der Waals surface area contributed by atoms with Crippen molar-refractivity contribution in [3.8, 4) is 0 Å². The van der Waals surface area contributed by atoms with E-state index in [4.69, 9.17) is 0 Å². The average Bonchev–Trinajstić information content (AvgIpc) is 2.48. The highest BCUT2D eigenvalue weighted by atomic mass is 32.2. The zero-order valence-corrected chi connectivity index (χ0v) is 15.6. The monoisotopic (exact) mass is 346 g/mol. The number of sulfonamides is 1. The minimum atomic E-state index is -3.25. The zero-order valence-electron chi connectivity index (χ0n) is 14.8. The van der Waals surface area contributed by atoms with E-state index < -0.39 is 10.0 Å². The van der Waals surface area contributed by atoms with Crippen molar-refractivity contribution in [3.63, 3.8) is 0 Å². The van der Waals surface area contributed by atoms with Gasteiger partial charge in [-0.05, 0) is 47.7 Å². The molecule has 5 heteroatoms.